The molecular weight excluding hydrogens is 294 g/mol. The summed E-state index contributed by atoms with van der Waals surface area (Å²) >= 11 is 0. The van der Waals surface area contributed by atoms with Gasteiger partial charge in [-0.05, 0) is 37.1 Å². The maximum atomic E-state index is 12.4. The molecule has 0 aliphatic carbocycles. The molecule has 2 unspecified atom stereocenters. The number of hydrogen-bond acceptors (Lipinski definition) is 4. The van der Waals surface area contributed by atoms with Gasteiger partial charge in [0.05, 0.1) is 13.7 Å². The molecule has 23 heavy (non-hydrogen) atoms. The van der Waals surface area contributed by atoms with Crippen molar-refractivity contribution < 1.29 is 14.3 Å². The highest BCUT2D eigenvalue weighted by Gasteiger charge is 2.35. The van der Waals surface area contributed by atoms with Crippen LogP contribution in [0.1, 0.15) is 25.7 Å². The fourth-order valence-corrected chi connectivity index (χ4v) is 3.47. The van der Waals surface area contributed by atoms with Gasteiger partial charge in [-0.2, -0.15) is 0 Å². The van der Waals surface area contributed by atoms with Gasteiger partial charge >= 0.3 is 0 Å². The van der Waals surface area contributed by atoms with Gasteiger partial charge in [-0.15, -0.1) is 0 Å². The zero-order valence-corrected chi connectivity index (χ0v) is 13.4. The van der Waals surface area contributed by atoms with Crippen LogP contribution in [0, 0.1) is 0 Å². The Bertz CT molecular complexity index is 573. The van der Waals surface area contributed by atoms with Crippen LogP contribution in [-0.2, 0) is 9.59 Å². The third-order valence-electron chi connectivity index (χ3n) is 4.67. The van der Waals surface area contributed by atoms with Gasteiger partial charge in [-0.3, -0.25) is 14.5 Å². The molecule has 2 aliphatic heterocycles. The SMILES string of the molecule is COc1ccc(NC(=O)CN2C3CCCC2CC(=O)NC3)cc1. The lowest BCUT2D eigenvalue weighted by Gasteiger charge is -2.39. The molecule has 6 heteroatoms. The van der Waals surface area contributed by atoms with E-state index in [-0.39, 0.29) is 23.9 Å². The molecule has 3 rings (SSSR count). The molecule has 2 saturated heterocycles. The number of hydrogen-bond donors (Lipinski definition) is 2. The Balaban J connectivity index is 1.62. The summed E-state index contributed by atoms with van der Waals surface area (Å²) < 4.78 is 5.11. The first-order valence-electron chi connectivity index (χ1n) is 8.12. The van der Waals surface area contributed by atoms with E-state index in [1.54, 1.807) is 7.11 Å². The lowest BCUT2D eigenvalue weighted by molar-refractivity contribution is -0.122. The van der Waals surface area contributed by atoms with E-state index in [2.05, 4.69) is 15.5 Å². The smallest absolute Gasteiger partial charge is 0.238 e. The summed E-state index contributed by atoms with van der Waals surface area (Å²) in [5, 5.41) is 5.88. The highest BCUT2D eigenvalue weighted by molar-refractivity contribution is 5.92. The second-order valence-electron chi connectivity index (χ2n) is 6.20. The highest BCUT2D eigenvalue weighted by Crippen LogP contribution is 2.26. The van der Waals surface area contributed by atoms with Gasteiger partial charge in [0.15, 0.2) is 0 Å². The van der Waals surface area contributed by atoms with Crippen molar-refractivity contribution in [3.8, 4) is 5.75 Å². The normalized spacial score (nSPS) is 24.5. The third kappa shape index (κ3) is 3.82. The van der Waals surface area contributed by atoms with Crippen molar-refractivity contribution in [3.05, 3.63) is 24.3 Å². The first-order chi connectivity index (χ1) is 11.2. The van der Waals surface area contributed by atoms with Gasteiger partial charge in [0.2, 0.25) is 11.8 Å². The molecule has 124 valence electrons. The molecule has 0 spiro atoms. The second-order valence-corrected chi connectivity index (χ2v) is 6.20. The van der Waals surface area contributed by atoms with Crippen LogP contribution in [0.2, 0.25) is 0 Å². The minimum atomic E-state index is -0.0404. The Morgan fingerprint density at radius 2 is 2.04 bits per heavy atom. The van der Waals surface area contributed by atoms with Crippen molar-refractivity contribution in [1.82, 2.24) is 10.2 Å². The number of carbonyl (C=O) groups is 2. The molecule has 2 atom stereocenters. The first kappa shape index (κ1) is 15.8. The molecule has 2 fully saturated rings. The van der Waals surface area contributed by atoms with Gasteiger partial charge in [-0.1, -0.05) is 6.42 Å². The number of fused-ring (bicyclic) bond motifs is 2. The number of carbonyl (C=O) groups excluding carboxylic acids is 2. The fraction of sp³-hybridized carbons (Fsp3) is 0.529. The lowest BCUT2D eigenvalue weighted by Crippen LogP contribution is -2.50. The summed E-state index contributed by atoms with van der Waals surface area (Å²) in [6.07, 6.45) is 3.64. The molecule has 2 heterocycles. The highest BCUT2D eigenvalue weighted by atomic mass is 16.5. The predicted octanol–water partition coefficient (Wildman–Crippen LogP) is 1.38. The largest absolute Gasteiger partial charge is 0.497 e. The van der Waals surface area contributed by atoms with E-state index < -0.39 is 0 Å². The number of nitrogens with zero attached hydrogens (tertiary/aromatic N) is 1. The molecular formula is C17H23N3O3. The van der Waals surface area contributed by atoms with E-state index in [9.17, 15) is 9.59 Å². The minimum absolute atomic E-state index is 0.0404. The molecule has 1 aromatic carbocycles. The van der Waals surface area contributed by atoms with Crippen LogP contribution >= 0.6 is 0 Å². The fourth-order valence-electron chi connectivity index (χ4n) is 3.47. The Morgan fingerprint density at radius 1 is 1.30 bits per heavy atom. The number of amides is 2. The zero-order valence-electron chi connectivity index (χ0n) is 13.4. The quantitative estimate of drug-likeness (QED) is 0.880. The van der Waals surface area contributed by atoms with E-state index in [1.807, 2.05) is 24.3 Å². The summed E-state index contributed by atoms with van der Waals surface area (Å²) in [6.45, 7) is 0.974. The Hall–Kier alpha value is -2.08. The summed E-state index contributed by atoms with van der Waals surface area (Å²) in [4.78, 5) is 26.3. The summed E-state index contributed by atoms with van der Waals surface area (Å²) in [6, 6.07) is 7.73. The number of anilines is 1. The Kier molecular flexibility index (Phi) is 4.81. The average Bonchev–Trinajstić information content (AvgIpc) is 2.63. The Labute approximate surface area is 136 Å². The van der Waals surface area contributed by atoms with E-state index in [0.29, 0.717) is 19.5 Å². The van der Waals surface area contributed by atoms with Crippen molar-refractivity contribution in [1.29, 1.82) is 0 Å². The van der Waals surface area contributed by atoms with E-state index in [1.165, 1.54) is 0 Å². The number of benzene rings is 1. The Morgan fingerprint density at radius 3 is 2.78 bits per heavy atom. The van der Waals surface area contributed by atoms with Crippen LogP contribution in [-0.4, -0.2) is 49.0 Å². The number of piperidine rings is 1. The molecule has 0 radical (unpaired) electrons. The van der Waals surface area contributed by atoms with Crippen molar-refractivity contribution in [2.45, 2.75) is 37.8 Å². The van der Waals surface area contributed by atoms with Crippen LogP contribution in [0.4, 0.5) is 5.69 Å². The maximum Gasteiger partial charge on any atom is 0.238 e. The van der Waals surface area contributed by atoms with Crippen LogP contribution in [0.15, 0.2) is 24.3 Å². The molecule has 1 aromatic rings. The average molecular weight is 317 g/mol. The van der Waals surface area contributed by atoms with Crippen molar-refractivity contribution in [2.24, 2.45) is 0 Å². The number of methoxy groups -OCH3 is 1. The van der Waals surface area contributed by atoms with Crippen LogP contribution < -0.4 is 15.4 Å². The van der Waals surface area contributed by atoms with E-state index >= 15 is 0 Å². The minimum Gasteiger partial charge on any atom is -0.497 e. The number of ether oxygens (including phenoxy) is 1. The molecule has 2 amide bonds. The first-order valence-corrected chi connectivity index (χ1v) is 8.12. The van der Waals surface area contributed by atoms with Crippen molar-refractivity contribution >= 4 is 17.5 Å². The monoisotopic (exact) mass is 317 g/mol. The van der Waals surface area contributed by atoms with Gasteiger partial charge < -0.3 is 15.4 Å². The lowest BCUT2D eigenvalue weighted by atomic mass is 9.94. The second kappa shape index (κ2) is 7.00. The van der Waals surface area contributed by atoms with Crippen molar-refractivity contribution in [3.63, 3.8) is 0 Å². The molecule has 0 aromatic heterocycles. The summed E-state index contributed by atoms with van der Waals surface area (Å²) in [7, 11) is 1.61. The molecule has 2 N–H and O–H groups in total. The summed E-state index contributed by atoms with van der Waals surface area (Å²) in [5.74, 6) is 0.816. The van der Waals surface area contributed by atoms with E-state index in [0.717, 1.165) is 30.7 Å². The van der Waals surface area contributed by atoms with Crippen molar-refractivity contribution in [2.75, 3.05) is 25.5 Å². The topological polar surface area (TPSA) is 70.7 Å². The molecule has 2 bridgehead atoms. The van der Waals surface area contributed by atoms with E-state index in [4.69, 9.17) is 4.74 Å². The standard InChI is InChI=1S/C17H23N3O3/c1-23-15-7-5-12(6-8-15)19-17(22)11-20-13-3-2-4-14(20)10-18-16(21)9-13/h5-8,13-14H,2-4,9-11H2,1H3,(H,18,21)(H,19,22). The van der Waals surface area contributed by atoms with Gasteiger partial charge in [0, 0.05) is 30.7 Å². The van der Waals surface area contributed by atoms with Crippen LogP contribution in [0.5, 0.6) is 5.75 Å². The van der Waals surface area contributed by atoms with Gasteiger partial charge in [0.1, 0.15) is 5.75 Å². The zero-order chi connectivity index (χ0) is 16.2. The summed E-state index contributed by atoms with van der Waals surface area (Å²) in [5.41, 5.74) is 0.755. The molecule has 6 nitrogen and oxygen atoms in total. The third-order valence-corrected chi connectivity index (χ3v) is 4.67. The van der Waals surface area contributed by atoms with Gasteiger partial charge in [-0.25, -0.2) is 0 Å². The maximum absolute atomic E-state index is 12.4. The molecule has 2 aliphatic rings. The van der Waals surface area contributed by atoms with Gasteiger partial charge in [0.25, 0.3) is 0 Å². The van der Waals surface area contributed by atoms with Crippen LogP contribution in [0.3, 0.4) is 0 Å². The molecule has 0 saturated carbocycles. The number of nitrogens with one attached hydrogen (secondary N) is 2. The van der Waals surface area contributed by atoms with Crippen LogP contribution in [0.25, 0.3) is 0 Å². The predicted molar refractivity (Wildman–Crippen MR) is 87.4 cm³/mol. The number of rotatable bonds is 4.